The Kier molecular flexibility index (Phi) is 2.39. The number of amides is 1. The molecule has 1 aliphatic rings. The molecule has 3 rings (SSSR count). The van der Waals surface area contributed by atoms with E-state index in [0.717, 1.165) is 25.1 Å². The maximum Gasteiger partial charge on any atom is 0.227 e. The minimum absolute atomic E-state index is 0.257. The van der Waals surface area contributed by atoms with E-state index in [1.807, 2.05) is 24.1 Å². The van der Waals surface area contributed by atoms with E-state index in [9.17, 15) is 4.79 Å². The Bertz CT molecular complexity index is 571. The number of carbonyl (C=O) groups is 1. The third-order valence-electron chi connectivity index (χ3n) is 3.49. The molecule has 0 aliphatic carbocycles. The van der Waals surface area contributed by atoms with Crippen molar-refractivity contribution < 1.29 is 4.79 Å². The fourth-order valence-electron chi connectivity index (χ4n) is 2.60. The summed E-state index contributed by atoms with van der Waals surface area (Å²) < 4.78 is 2.09. The Hall–Kier alpha value is -1.77. The van der Waals surface area contributed by atoms with Crippen LogP contribution in [0.5, 0.6) is 0 Å². The number of piperidine rings is 1. The molecule has 2 aromatic rings. The van der Waals surface area contributed by atoms with Gasteiger partial charge in [-0.1, -0.05) is 18.2 Å². The van der Waals surface area contributed by atoms with Gasteiger partial charge in [0.15, 0.2) is 0 Å². The lowest BCUT2D eigenvalue weighted by Crippen LogP contribution is -2.35. The quantitative estimate of drug-likeness (QED) is 0.736. The van der Waals surface area contributed by atoms with Crippen molar-refractivity contribution in [3.63, 3.8) is 0 Å². The highest BCUT2D eigenvalue weighted by molar-refractivity contribution is 6.03. The van der Waals surface area contributed by atoms with E-state index in [1.54, 1.807) is 0 Å². The van der Waals surface area contributed by atoms with Crippen molar-refractivity contribution >= 4 is 22.5 Å². The number of rotatable bonds is 1. The highest BCUT2D eigenvalue weighted by atomic mass is 16.2. The zero-order valence-electron chi connectivity index (χ0n) is 10.0. The lowest BCUT2D eigenvalue weighted by molar-refractivity contribution is -0.119. The molecule has 1 amide bonds. The number of aryl methyl sites for hydroxylation is 1. The second-order valence-electron chi connectivity index (χ2n) is 4.64. The van der Waals surface area contributed by atoms with Crippen molar-refractivity contribution in [2.24, 2.45) is 7.05 Å². The van der Waals surface area contributed by atoms with Gasteiger partial charge in [-0.2, -0.15) is 0 Å². The summed E-state index contributed by atoms with van der Waals surface area (Å²) in [6.45, 7) is 0.854. The van der Waals surface area contributed by atoms with Crippen molar-refractivity contribution in [3.8, 4) is 0 Å². The maximum absolute atomic E-state index is 12.0. The molecule has 0 bridgehead atoms. The van der Waals surface area contributed by atoms with Gasteiger partial charge in [0.05, 0.1) is 5.69 Å². The van der Waals surface area contributed by atoms with Crippen LogP contribution in [0.4, 0.5) is 5.69 Å². The fourth-order valence-corrected chi connectivity index (χ4v) is 2.60. The van der Waals surface area contributed by atoms with Crippen LogP contribution in [0.2, 0.25) is 0 Å². The van der Waals surface area contributed by atoms with Gasteiger partial charge in [0.1, 0.15) is 0 Å². The first-order valence-electron chi connectivity index (χ1n) is 6.12. The largest absolute Gasteiger partial charge is 0.348 e. The molecule has 1 aromatic heterocycles. The average molecular weight is 228 g/mol. The van der Waals surface area contributed by atoms with Crippen LogP contribution in [-0.4, -0.2) is 17.0 Å². The van der Waals surface area contributed by atoms with Crippen LogP contribution >= 0.6 is 0 Å². The average Bonchev–Trinajstić information content (AvgIpc) is 2.68. The van der Waals surface area contributed by atoms with E-state index in [-0.39, 0.29) is 5.91 Å². The van der Waals surface area contributed by atoms with E-state index < -0.39 is 0 Å². The predicted molar refractivity (Wildman–Crippen MR) is 69.1 cm³/mol. The number of aromatic nitrogens is 1. The minimum atomic E-state index is 0.257. The van der Waals surface area contributed by atoms with Crippen molar-refractivity contribution in [2.45, 2.75) is 19.3 Å². The summed E-state index contributed by atoms with van der Waals surface area (Å²) in [6.07, 6.45) is 4.88. The molecule has 3 nitrogen and oxygen atoms in total. The van der Waals surface area contributed by atoms with Gasteiger partial charge in [0.25, 0.3) is 0 Å². The molecule has 3 heteroatoms. The van der Waals surface area contributed by atoms with Gasteiger partial charge in [-0.3, -0.25) is 4.79 Å². The van der Waals surface area contributed by atoms with Crippen LogP contribution in [0.25, 0.3) is 10.9 Å². The number of para-hydroxylation sites is 1. The molecule has 0 saturated carbocycles. The number of benzene rings is 1. The SMILES string of the molecule is Cn1cc(N2CCCCC2=O)c2ccccc21. The summed E-state index contributed by atoms with van der Waals surface area (Å²) >= 11 is 0. The molecule has 2 heterocycles. The zero-order valence-corrected chi connectivity index (χ0v) is 10.0. The number of fused-ring (bicyclic) bond motifs is 1. The molecule has 1 saturated heterocycles. The van der Waals surface area contributed by atoms with Crippen molar-refractivity contribution in [1.29, 1.82) is 0 Å². The summed E-state index contributed by atoms with van der Waals surface area (Å²) in [5.74, 6) is 0.257. The number of nitrogens with zero attached hydrogens (tertiary/aromatic N) is 2. The molecule has 0 spiro atoms. The van der Waals surface area contributed by atoms with Crippen LogP contribution < -0.4 is 4.90 Å². The summed E-state index contributed by atoms with van der Waals surface area (Å²) in [5, 5.41) is 1.17. The molecular weight excluding hydrogens is 212 g/mol. The Morgan fingerprint density at radius 2 is 2.00 bits per heavy atom. The van der Waals surface area contributed by atoms with E-state index in [0.29, 0.717) is 6.42 Å². The molecule has 1 fully saturated rings. The first kappa shape index (κ1) is 10.4. The Morgan fingerprint density at radius 3 is 2.82 bits per heavy atom. The molecule has 0 atom stereocenters. The van der Waals surface area contributed by atoms with E-state index in [4.69, 9.17) is 0 Å². The second-order valence-corrected chi connectivity index (χ2v) is 4.64. The Morgan fingerprint density at radius 1 is 1.18 bits per heavy atom. The van der Waals surface area contributed by atoms with Crippen molar-refractivity contribution in [1.82, 2.24) is 4.57 Å². The minimum Gasteiger partial charge on any atom is -0.348 e. The summed E-state index contributed by atoms with van der Waals surface area (Å²) in [6, 6.07) is 8.24. The Balaban J connectivity index is 2.13. The highest BCUT2D eigenvalue weighted by Crippen LogP contribution is 2.30. The molecular formula is C14H16N2O. The first-order valence-corrected chi connectivity index (χ1v) is 6.12. The summed E-state index contributed by atoms with van der Waals surface area (Å²) in [4.78, 5) is 13.9. The molecule has 0 N–H and O–H groups in total. The topological polar surface area (TPSA) is 25.2 Å². The van der Waals surface area contributed by atoms with Crippen LogP contribution in [0.3, 0.4) is 0 Å². The van der Waals surface area contributed by atoms with Gasteiger partial charge in [0, 0.05) is 37.1 Å². The van der Waals surface area contributed by atoms with Gasteiger partial charge in [-0.05, 0) is 18.9 Å². The molecule has 1 aliphatic heterocycles. The third kappa shape index (κ3) is 1.62. The van der Waals surface area contributed by atoms with Crippen LogP contribution in [0.15, 0.2) is 30.5 Å². The monoisotopic (exact) mass is 228 g/mol. The van der Waals surface area contributed by atoms with Gasteiger partial charge < -0.3 is 9.47 Å². The van der Waals surface area contributed by atoms with Gasteiger partial charge >= 0.3 is 0 Å². The molecule has 1 aromatic carbocycles. The summed E-state index contributed by atoms with van der Waals surface area (Å²) in [7, 11) is 2.03. The lowest BCUT2D eigenvalue weighted by Gasteiger charge is -2.26. The van der Waals surface area contributed by atoms with Gasteiger partial charge in [-0.25, -0.2) is 0 Å². The third-order valence-corrected chi connectivity index (χ3v) is 3.49. The molecule has 17 heavy (non-hydrogen) atoms. The van der Waals surface area contributed by atoms with Crippen LogP contribution in [0.1, 0.15) is 19.3 Å². The zero-order chi connectivity index (χ0) is 11.8. The lowest BCUT2D eigenvalue weighted by atomic mass is 10.1. The molecule has 0 radical (unpaired) electrons. The Labute approximate surface area is 101 Å². The van der Waals surface area contributed by atoms with Gasteiger partial charge in [-0.15, -0.1) is 0 Å². The molecule has 88 valence electrons. The summed E-state index contributed by atoms with van der Waals surface area (Å²) in [5.41, 5.74) is 2.24. The predicted octanol–water partition coefficient (Wildman–Crippen LogP) is 2.70. The number of hydrogen-bond donors (Lipinski definition) is 0. The molecule has 0 unspecified atom stereocenters. The number of hydrogen-bond acceptors (Lipinski definition) is 1. The first-order chi connectivity index (χ1) is 8.27. The number of anilines is 1. The van der Waals surface area contributed by atoms with Crippen molar-refractivity contribution in [3.05, 3.63) is 30.5 Å². The fraction of sp³-hybridized carbons (Fsp3) is 0.357. The maximum atomic E-state index is 12.0. The number of carbonyl (C=O) groups excluding carboxylic acids is 1. The second kappa shape index (κ2) is 3.91. The highest BCUT2D eigenvalue weighted by Gasteiger charge is 2.22. The van der Waals surface area contributed by atoms with Gasteiger partial charge in [0.2, 0.25) is 5.91 Å². The van der Waals surface area contributed by atoms with E-state index in [1.165, 1.54) is 10.9 Å². The van der Waals surface area contributed by atoms with E-state index in [2.05, 4.69) is 22.9 Å². The smallest absolute Gasteiger partial charge is 0.227 e. The normalized spacial score (nSPS) is 16.8. The standard InChI is InChI=1S/C14H16N2O/c1-15-10-13(11-6-2-3-7-12(11)15)16-9-5-4-8-14(16)17/h2-3,6-7,10H,4-5,8-9H2,1H3. The van der Waals surface area contributed by atoms with Crippen molar-refractivity contribution in [2.75, 3.05) is 11.4 Å². The van der Waals surface area contributed by atoms with Crippen LogP contribution in [0, 0.1) is 0 Å². The van der Waals surface area contributed by atoms with E-state index >= 15 is 0 Å². The van der Waals surface area contributed by atoms with Crippen LogP contribution in [-0.2, 0) is 11.8 Å².